The summed E-state index contributed by atoms with van der Waals surface area (Å²) >= 11 is 7.61. The van der Waals surface area contributed by atoms with Gasteiger partial charge in [-0.3, -0.25) is 14.1 Å². The Bertz CT molecular complexity index is 3670. The molecule has 0 bridgehead atoms. The number of aromatic nitrogens is 1. The van der Waals surface area contributed by atoms with Crippen LogP contribution in [-0.2, 0) is 43.8 Å². The van der Waals surface area contributed by atoms with E-state index in [4.69, 9.17) is 26.1 Å². The predicted octanol–water partition coefficient (Wildman–Crippen LogP) is 10.5. The minimum Gasteiger partial charge on any atom is -0.462 e. The van der Waals surface area contributed by atoms with E-state index < -0.39 is 88.4 Å². The van der Waals surface area contributed by atoms with Crippen LogP contribution in [-0.4, -0.2) is 132 Å². The van der Waals surface area contributed by atoms with E-state index in [1.54, 1.807) is 61.5 Å². The van der Waals surface area contributed by atoms with Crippen LogP contribution in [0.25, 0.3) is 22.4 Å². The van der Waals surface area contributed by atoms with Crippen molar-refractivity contribution in [3.8, 4) is 22.4 Å². The molecule has 0 amide bonds. The van der Waals surface area contributed by atoms with Crippen LogP contribution in [0.5, 0.6) is 0 Å². The maximum absolute atomic E-state index is 15.8. The van der Waals surface area contributed by atoms with Crippen LogP contribution in [0.2, 0.25) is 5.02 Å². The summed E-state index contributed by atoms with van der Waals surface area (Å²) in [6.07, 6.45) is 0.517. The van der Waals surface area contributed by atoms with Crippen molar-refractivity contribution in [3.63, 3.8) is 0 Å². The summed E-state index contributed by atoms with van der Waals surface area (Å²) in [4.78, 5) is 35.1. The zero-order valence-electron chi connectivity index (χ0n) is 45.0. The van der Waals surface area contributed by atoms with E-state index in [-0.39, 0.29) is 28.8 Å². The van der Waals surface area contributed by atoms with Crippen molar-refractivity contribution in [1.29, 1.82) is 0 Å². The molecule has 27 heteroatoms. The van der Waals surface area contributed by atoms with Gasteiger partial charge in [0.2, 0.25) is 0 Å². The number of carbonyl (C=O) groups is 1. The van der Waals surface area contributed by atoms with E-state index in [2.05, 4.69) is 10.0 Å². The Morgan fingerprint density at radius 1 is 0.817 bits per heavy atom. The lowest BCUT2D eigenvalue weighted by Crippen LogP contribution is -2.46. The predicted molar refractivity (Wildman–Crippen MR) is 312 cm³/mol. The van der Waals surface area contributed by atoms with Gasteiger partial charge in [-0.25, -0.2) is 29.6 Å². The molecule has 0 aliphatic carbocycles. The highest BCUT2D eigenvalue weighted by Gasteiger charge is 2.48. The highest BCUT2D eigenvalue weighted by molar-refractivity contribution is 7.99. The topological polar surface area (TPSA) is 225 Å². The first-order valence-electron chi connectivity index (χ1n) is 26.0. The number of thioether (sulfide) groups is 1. The second-order valence-corrected chi connectivity index (χ2v) is 29.1. The molecule has 8 rings (SSSR count). The fraction of sp³-hybridized carbons (Fsp3) is 0.364. The molecule has 0 spiro atoms. The summed E-state index contributed by atoms with van der Waals surface area (Å²) in [5.41, 5.74) is -2.43. The SMILES string of the molecule is Cc1c(S(C)(=O)=O)c(-c2cc(F)cc(N3CCN(c4ccc(NS(=O)(=O)c5ccc(N[C@H](CCN6CCC(OC(=O)CP(=O)(O)O)CC6)CSc6ccccc6)c(S(=O)(=O)C(F)(F)F)c5)cc4)CC3)c2)c(-c2ccc(Cl)cc2)n1C(C)C. The number of halogens is 5. The fourth-order valence-electron chi connectivity index (χ4n) is 10.3. The van der Waals surface area contributed by atoms with Crippen LogP contribution in [0.3, 0.4) is 0 Å². The molecule has 0 unspecified atom stereocenters. The molecule has 4 N–H and O–H groups in total. The third-order valence-corrected chi connectivity index (χ3v) is 20.3. The normalized spacial score (nSPS) is 15.7. The van der Waals surface area contributed by atoms with Crippen molar-refractivity contribution in [3.05, 3.63) is 132 Å². The first kappa shape index (κ1) is 62.4. The van der Waals surface area contributed by atoms with E-state index in [1.807, 2.05) is 51.3 Å². The van der Waals surface area contributed by atoms with Crippen LogP contribution >= 0.6 is 31.0 Å². The monoisotopic (exact) mass is 1250 g/mol. The summed E-state index contributed by atoms with van der Waals surface area (Å²) in [6, 6.07) is 28.5. The number of piperidine rings is 1. The smallest absolute Gasteiger partial charge is 0.462 e. The number of piperazine rings is 1. The number of nitrogens with zero attached hydrogens (tertiary/aromatic N) is 4. The Hall–Kier alpha value is -5.63. The maximum atomic E-state index is 15.8. The van der Waals surface area contributed by atoms with Gasteiger partial charge in [-0.15, -0.1) is 11.8 Å². The van der Waals surface area contributed by atoms with Gasteiger partial charge in [0.25, 0.3) is 19.9 Å². The number of nitrogens with one attached hydrogen (secondary N) is 2. The molecule has 2 aliphatic heterocycles. The van der Waals surface area contributed by atoms with Crippen LogP contribution < -0.4 is 19.8 Å². The van der Waals surface area contributed by atoms with Crippen LogP contribution in [0, 0.1) is 12.7 Å². The number of benzene rings is 5. The average Bonchev–Trinajstić information content (AvgIpc) is 2.03. The highest BCUT2D eigenvalue weighted by Crippen LogP contribution is 2.45. The molecule has 6 aromatic rings. The van der Waals surface area contributed by atoms with Crippen LogP contribution in [0.15, 0.2) is 135 Å². The molecule has 0 saturated carbocycles. The Labute approximate surface area is 484 Å². The third-order valence-electron chi connectivity index (χ3n) is 14.1. The molecule has 0 radical (unpaired) electrons. The summed E-state index contributed by atoms with van der Waals surface area (Å²) in [6.45, 7) is 8.54. The molecule has 1 atom stereocenters. The van der Waals surface area contributed by atoms with E-state index in [9.17, 15) is 47.8 Å². The van der Waals surface area contributed by atoms with E-state index in [0.29, 0.717) is 109 Å². The Balaban J connectivity index is 0.964. The molecule has 1 aromatic heterocycles. The zero-order chi connectivity index (χ0) is 59.5. The average molecular weight is 1250 g/mol. The largest absolute Gasteiger partial charge is 0.501 e. The molecule has 17 nitrogen and oxygen atoms in total. The van der Waals surface area contributed by atoms with Crippen molar-refractivity contribution in [2.45, 2.75) is 83.3 Å². The number of sulfone groups is 2. The van der Waals surface area contributed by atoms with Crippen molar-refractivity contribution < 1.29 is 66.7 Å². The van der Waals surface area contributed by atoms with E-state index >= 15 is 4.39 Å². The summed E-state index contributed by atoms with van der Waals surface area (Å²) in [5, 5.41) is 3.47. The molecule has 82 heavy (non-hydrogen) atoms. The number of likely N-dealkylation sites (tertiary alicyclic amines) is 1. The lowest BCUT2D eigenvalue weighted by molar-refractivity contribution is -0.148. The Morgan fingerprint density at radius 3 is 2.02 bits per heavy atom. The number of anilines is 4. The van der Waals surface area contributed by atoms with Crippen LogP contribution in [0.4, 0.5) is 40.3 Å². The number of hydrogen-bond acceptors (Lipinski definition) is 14. The number of esters is 1. The number of carbonyl (C=O) groups excluding carboxylic acids is 1. The van der Waals surface area contributed by atoms with Crippen molar-refractivity contribution in [2.75, 3.05) is 83.8 Å². The highest BCUT2D eigenvalue weighted by atomic mass is 35.5. The van der Waals surface area contributed by atoms with Gasteiger partial charge in [-0.1, -0.05) is 41.9 Å². The molecule has 3 heterocycles. The second kappa shape index (κ2) is 25.3. The minimum atomic E-state index is -6.14. The maximum Gasteiger partial charge on any atom is 0.501 e. The summed E-state index contributed by atoms with van der Waals surface area (Å²) in [5.74, 6) is -1.33. The van der Waals surface area contributed by atoms with Gasteiger partial charge in [-0.05, 0) is 136 Å². The van der Waals surface area contributed by atoms with Gasteiger partial charge >= 0.3 is 19.1 Å². The molecular formula is C55H62ClF4N6O11PS4. The third kappa shape index (κ3) is 15.2. The fourth-order valence-corrected chi connectivity index (χ4v) is 15.1. The Morgan fingerprint density at radius 2 is 1.44 bits per heavy atom. The van der Waals surface area contributed by atoms with Crippen molar-refractivity contribution >= 4 is 89.4 Å². The first-order valence-corrected chi connectivity index (χ1v) is 34.0. The zero-order valence-corrected chi connectivity index (χ0v) is 49.9. The van der Waals surface area contributed by atoms with Crippen molar-refractivity contribution in [2.24, 2.45) is 0 Å². The van der Waals surface area contributed by atoms with E-state index in [1.165, 1.54) is 36.0 Å². The standard InChI is InChI=1S/C55H62ClF4N6O11PS4/c1-36(2)66-37(3)54(80(4,71)72)52(53(66)38-10-12-40(56)13-11-38)39-30-41(57)32-45(31-39)65-28-26-64(27-29-65)44-16-14-42(15-17-44)62-82(75,76)48-18-19-49(50(33-48)81(73,74)55(58,59)60)61-43(35-79-47-8-6-5-7-9-47)20-23-63-24-21-46(22-25-63)77-51(67)34-78(68,69)70/h5-19,30-33,36,43,46,61-62H,20-29,34-35H2,1-4H3,(H2,68,69,70)/t43-/m1/s1. The molecule has 5 aromatic carbocycles. The van der Waals surface area contributed by atoms with Gasteiger partial charge in [0.05, 0.1) is 21.2 Å². The molecule has 2 fully saturated rings. The number of hydrogen-bond donors (Lipinski definition) is 4. The summed E-state index contributed by atoms with van der Waals surface area (Å²) in [7, 11) is -19.3. The van der Waals surface area contributed by atoms with Gasteiger partial charge in [-0.2, -0.15) is 13.2 Å². The first-order chi connectivity index (χ1) is 38.5. The lowest BCUT2D eigenvalue weighted by Gasteiger charge is -2.37. The Kier molecular flexibility index (Phi) is 19.3. The molecule has 2 aliphatic rings. The second-order valence-electron chi connectivity index (χ2n) is 20.4. The van der Waals surface area contributed by atoms with Crippen LogP contribution in [0.1, 0.15) is 44.8 Å². The van der Waals surface area contributed by atoms with E-state index in [0.717, 1.165) is 23.3 Å². The minimum absolute atomic E-state index is 0.0337. The van der Waals surface area contributed by atoms with Crippen molar-refractivity contribution in [1.82, 2.24) is 9.47 Å². The van der Waals surface area contributed by atoms with Gasteiger partial charge in [0.1, 0.15) is 23.0 Å². The number of alkyl halides is 3. The number of rotatable bonds is 21. The quantitative estimate of drug-likeness (QED) is 0.0228. The van der Waals surface area contributed by atoms with Gasteiger partial charge in [0.15, 0.2) is 9.84 Å². The number of sulfonamides is 1. The lowest BCUT2D eigenvalue weighted by atomic mass is 9.99. The number of ether oxygens (including phenoxy) is 1. The summed E-state index contributed by atoms with van der Waals surface area (Å²) < 4.78 is 161. The molecule has 2 saturated heterocycles. The molecular weight excluding hydrogens is 1190 g/mol. The molecule has 442 valence electrons. The van der Waals surface area contributed by atoms with Gasteiger partial charge < -0.3 is 39.1 Å². The van der Waals surface area contributed by atoms with Gasteiger partial charge in [0, 0.05) is 108 Å².